The molecule has 3 heterocycles. The monoisotopic (exact) mass is 386 g/mol. The van der Waals surface area contributed by atoms with Gasteiger partial charge in [-0.1, -0.05) is 6.07 Å². The van der Waals surface area contributed by atoms with Gasteiger partial charge >= 0.3 is 6.03 Å². The van der Waals surface area contributed by atoms with Crippen molar-refractivity contribution < 1.29 is 18.7 Å². The minimum atomic E-state index is -0.703. The van der Waals surface area contributed by atoms with Gasteiger partial charge in [0.2, 0.25) is 5.76 Å². The van der Waals surface area contributed by atoms with Gasteiger partial charge in [0.05, 0.1) is 13.2 Å². The molecule has 0 aliphatic carbocycles. The van der Waals surface area contributed by atoms with E-state index in [9.17, 15) is 9.59 Å². The zero-order valence-corrected chi connectivity index (χ0v) is 16.2. The second-order valence-electron chi connectivity index (χ2n) is 7.65. The molecular formula is C20H26N4O4. The number of carbonyl (C=O) groups excluding carboxylic acids is 2. The Kier molecular flexibility index (Phi) is 4.99. The molecule has 0 unspecified atom stereocenters. The maximum Gasteiger partial charge on any atom is 0.322 e. The number of urea groups is 1. The Balaban J connectivity index is 1.51. The molecule has 3 N–H and O–H groups in total. The largest absolute Gasteiger partial charge is 0.449 e. The van der Waals surface area contributed by atoms with Crippen LogP contribution >= 0.6 is 0 Å². The number of anilines is 1. The Morgan fingerprint density at radius 2 is 2.11 bits per heavy atom. The summed E-state index contributed by atoms with van der Waals surface area (Å²) >= 11 is 0. The van der Waals surface area contributed by atoms with Gasteiger partial charge in [-0.2, -0.15) is 0 Å². The number of fused-ring (bicyclic) bond motifs is 1. The predicted molar refractivity (Wildman–Crippen MR) is 105 cm³/mol. The van der Waals surface area contributed by atoms with Crippen molar-refractivity contribution in [2.45, 2.75) is 32.4 Å². The molecule has 4 rings (SSSR count). The van der Waals surface area contributed by atoms with E-state index in [1.165, 1.54) is 0 Å². The number of furan rings is 1. The summed E-state index contributed by atoms with van der Waals surface area (Å²) in [7, 11) is 0. The van der Waals surface area contributed by atoms with Gasteiger partial charge in [-0.3, -0.25) is 9.69 Å². The summed E-state index contributed by atoms with van der Waals surface area (Å²) in [6.07, 6.45) is 0.922. The summed E-state index contributed by atoms with van der Waals surface area (Å²) in [5.74, 6) is -0.725. The molecule has 2 aliphatic rings. The fourth-order valence-electron chi connectivity index (χ4n) is 4.17. The van der Waals surface area contributed by atoms with Crippen LogP contribution in [0.25, 0.3) is 11.0 Å². The molecule has 3 amide bonds. The van der Waals surface area contributed by atoms with E-state index in [1.807, 2.05) is 25.1 Å². The van der Waals surface area contributed by atoms with E-state index < -0.39 is 5.91 Å². The number of benzene rings is 1. The van der Waals surface area contributed by atoms with E-state index in [-0.39, 0.29) is 11.8 Å². The highest BCUT2D eigenvalue weighted by Gasteiger charge is 2.34. The molecule has 150 valence electrons. The normalized spacial score (nSPS) is 23.3. The molecule has 0 radical (unpaired) electrons. The van der Waals surface area contributed by atoms with Crippen LogP contribution in [0.5, 0.6) is 0 Å². The van der Waals surface area contributed by atoms with E-state index in [4.69, 9.17) is 14.9 Å². The average Bonchev–Trinajstić information content (AvgIpc) is 3.27. The van der Waals surface area contributed by atoms with Gasteiger partial charge in [0.1, 0.15) is 11.3 Å². The van der Waals surface area contributed by atoms with Crippen molar-refractivity contribution in [3.63, 3.8) is 0 Å². The number of rotatable bonds is 3. The zero-order valence-electron chi connectivity index (χ0n) is 16.2. The third-order valence-electron chi connectivity index (χ3n) is 5.64. The fraction of sp³-hybridized carbons (Fsp3) is 0.500. The van der Waals surface area contributed by atoms with Crippen LogP contribution in [0.2, 0.25) is 0 Å². The minimum absolute atomic E-state index is 0.0218. The molecule has 8 nitrogen and oxygen atoms in total. The maximum absolute atomic E-state index is 12.9. The molecule has 2 aromatic rings. The summed E-state index contributed by atoms with van der Waals surface area (Å²) in [4.78, 5) is 28.9. The van der Waals surface area contributed by atoms with E-state index in [1.54, 1.807) is 4.90 Å². The lowest BCUT2D eigenvalue weighted by Crippen LogP contribution is -2.50. The number of nitrogens with zero attached hydrogens (tertiary/aromatic N) is 2. The number of primary amides is 1. The first-order valence-corrected chi connectivity index (χ1v) is 9.66. The minimum Gasteiger partial charge on any atom is -0.449 e. The van der Waals surface area contributed by atoms with Gasteiger partial charge in [0.25, 0.3) is 5.91 Å². The number of amides is 3. The first-order chi connectivity index (χ1) is 13.4. The van der Waals surface area contributed by atoms with Crippen LogP contribution in [-0.2, 0) is 4.74 Å². The number of morpholine rings is 1. The smallest absolute Gasteiger partial charge is 0.322 e. The Bertz CT molecular complexity index is 909. The third-order valence-corrected chi connectivity index (χ3v) is 5.64. The van der Waals surface area contributed by atoms with Crippen molar-refractivity contribution in [3.05, 3.63) is 29.5 Å². The summed E-state index contributed by atoms with van der Waals surface area (Å²) in [6, 6.07) is 5.99. The molecule has 0 spiro atoms. The lowest BCUT2D eigenvalue weighted by atomic mass is 10.1. The van der Waals surface area contributed by atoms with Crippen molar-refractivity contribution in [1.29, 1.82) is 0 Å². The number of nitrogens with one attached hydrogen (secondary N) is 1. The van der Waals surface area contributed by atoms with E-state index in [2.05, 4.69) is 17.1 Å². The van der Waals surface area contributed by atoms with Gasteiger partial charge in [-0.15, -0.1) is 0 Å². The van der Waals surface area contributed by atoms with Crippen molar-refractivity contribution in [2.75, 3.05) is 38.2 Å². The summed E-state index contributed by atoms with van der Waals surface area (Å²) in [5, 5.41) is 3.53. The molecule has 2 fully saturated rings. The van der Waals surface area contributed by atoms with Crippen molar-refractivity contribution in [3.8, 4) is 0 Å². The Labute approximate surface area is 163 Å². The van der Waals surface area contributed by atoms with Gasteiger partial charge in [-0.25, -0.2) is 4.79 Å². The van der Waals surface area contributed by atoms with Crippen LogP contribution in [0, 0.1) is 6.92 Å². The molecule has 0 saturated carbocycles. The SMILES string of the molecule is Cc1ccc2c(NC(=O)N3CC[C@@H](N4CCOC[C@@H]4C)C3)c(C(N)=O)oc2c1. The highest BCUT2D eigenvalue weighted by Crippen LogP contribution is 2.32. The Morgan fingerprint density at radius 1 is 1.29 bits per heavy atom. The molecule has 28 heavy (non-hydrogen) atoms. The van der Waals surface area contributed by atoms with E-state index >= 15 is 0 Å². The van der Waals surface area contributed by atoms with Gasteiger partial charge < -0.3 is 25.1 Å². The number of likely N-dealkylation sites (tertiary alicyclic amines) is 1. The second-order valence-corrected chi connectivity index (χ2v) is 7.65. The average molecular weight is 386 g/mol. The molecule has 2 atom stereocenters. The molecule has 1 aromatic heterocycles. The van der Waals surface area contributed by atoms with Crippen LogP contribution < -0.4 is 11.1 Å². The van der Waals surface area contributed by atoms with Crippen LogP contribution in [0.4, 0.5) is 10.5 Å². The lowest BCUT2D eigenvalue weighted by Gasteiger charge is -2.37. The highest BCUT2D eigenvalue weighted by molar-refractivity contribution is 6.10. The second kappa shape index (κ2) is 7.44. The van der Waals surface area contributed by atoms with Crippen LogP contribution in [0.3, 0.4) is 0 Å². The molecule has 0 bridgehead atoms. The van der Waals surface area contributed by atoms with Crippen molar-refractivity contribution in [2.24, 2.45) is 5.73 Å². The third kappa shape index (κ3) is 3.45. The standard InChI is InChI=1S/C20H26N4O4/c1-12-3-4-15-16(9-12)28-18(19(21)25)17(15)22-20(26)23-6-5-14(10-23)24-7-8-27-11-13(24)2/h3-4,9,13-14H,5-8,10-11H2,1-2H3,(H2,21,25)(H,22,26)/t13-,14+/m0/s1. The van der Waals surface area contributed by atoms with Crippen LogP contribution in [0.15, 0.2) is 22.6 Å². The predicted octanol–water partition coefficient (Wildman–Crippen LogP) is 2.17. The maximum atomic E-state index is 12.9. The van der Waals surface area contributed by atoms with Crippen molar-refractivity contribution in [1.82, 2.24) is 9.80 Å². The number of carbonyl (C=O) groups is 2. The lowest BCUT2D eigenvalue weighted by molar-refractivity contribution is -0.0192. The number of hydrogen-bond acceptors (Lipinski definition) is 5. The molecule has 2 saturated heterocycles. The molecule has 1 aromatic carbocycles. The summed E-state index contributed by atoms with van der Waals surface area (Å²) in [6.45, 7) is 7.75. The number of hydrogen-bond donors (Lipinski definition) is 2. The Hall–Kier alpha value is -2.58. The van der Waals surface area contributed by atoms with Gasteiger partial charge in [0.15, 0.2) is 0 Å². The number of nitrogens with two attached hydrogens (primary N) is 1. The zero-order chi connectivity index (χ0) is 19.8. The summed E-state index contributed by atoms with van der Waals surface area (Å²) in [5.41, 5.74) is 7.34. The quantitative estimate of drug-likeness (QED) is 0.842. The van der Waals surface area contributed by atoms with Gasteiger partial charge in [0, 0.05) is 37.1 Å². The number of aryl methyl sites for hydroxylation is 1. The molecule has 8 heteroatoms. The summed E-state index contributed by atoms with van der Waals surface area (Å²) < 4.78 is 11.1. The van der Waals surface area contributed by atoms with E-state index in [0.717, 1.165) is 31.7 Å². The number of ether oxygens (including phenoxy) is 1. The first-order valence-electron chi connectivity index (χ1n) is 9.66. The molecule has 2 aliphatic heterocycles. The topological polar surface area (TPSA) is 101 Å². The Morgan fingerprint density at radius 3 is 2.86 bits per heavy atom. The van der Waals surface area contributed by atoms with E-state index in [0.29, 0.717) is 41.8 Å². The van der Waals surface area contributed by atoms with Gasteiger partial charge in [-0.05, 0) is 38.0 Å². The molecular weight excluding hydrogens is 360 g/mol. The first kappa shape index (κ1) is 18.8. The van der Waals surface area contributed by atoms with Crippen LogP contribution in [0.1, 0.15) is 29.5 Å². The fourth-order valence-corrected chi connectivity index (χ4v) is 4.17. The highest BCUT2D eigenvalue weighted by atomic mass is 16.5. The van der Waals surface area contributed by atoms with Crippen molar-refractivity contribution >= 4 is 28.6 Å². The van der Waals surface area contributed by atoms with Crippen LogP contribution in [-0.4, -0.2) is 66.7 Å².